The molecule has 1 fully saturated rings. The van der Waals surface area contributed by atoms with Crippen LogP contribution in [-0.4, -0.2) is 25.8 Å². The molecule has 2 heteroatoms. The van der Waals surface area contributed by atoms with Crippen molar-refractivity contribution >= 4 is 0 Å². The largest absolute Gasteiger partial charge is 0.380 e. The normalized spacial score (nSPS) is 31.1. The molecule has 1 aliphatic heterocycles. The lowest BCUT2D eigenvalue weighted by atomic mass is 10.1. The van der Waals surface area contributed by atoms with E-state index < -0.39 is 0 Å². The quantitative estimate of drug-likeness (QED) is 0.668. The zero-order valence-corrected chi connectivity index (χ0v) is 7.60. The first-order valence-corrected chi connectivity index (χ1v) is 4.63. The van der Waals surface area contributed by atoms with Crippen LogP contribution in [0.25, 0.3) is 0 Å². The molecule has 0 saturated carbocycles. The van der Waals surface area contributed by atoms with Gasteiger partial charge in [-0.15, -0.1) is 0 Å². The molecule has 0 aromatic rings. The fraction of sp³-hybridized carbons (Fsp3) is 1.00. The van der Waals surface area contributed by atoms with Crippen LogP contribution in [0.1, 0.15) is 32.6 Å². The molecule has 1 heterocycles. The summed E-state index contributed by atoms with van der Waals surface area (Å²) in [4.78, 5) is 0. The molecule has 1 aliphatic rings. The Morgan fingerprint density at radius 2 is 2.36 bits per heavy atom. The maximum absolute atomic E-state index is 5.26. The van der Waals surface area contributed by atoms with E-state index in [1.165, 1.54) is 25.7 Å². The SMILES string of the molecule is CCCC[C@H]1C[C@@H](OC)CN1. The number of unbranched alkanes of at least 4 members (excludes halogenated alkanes) is 1. The van der Waals surface area contributed by atoms with Gasteiger partial charge in [-0.2, -0.15) is 0 Å². The van der Waals surface area contributed by atoms with Gasteiger partial charge in [0.25, 0.3) is 0 Å². The molecule has 0 spiro atoms. The van der Waals surface area contributed by atoms with Crippen molar-refractivity contribution in [2.24, 2.45) is 0 Å². The van der Waals surface area contributed by atoms with E-state index in [0.717, 1.165) is 12.6 Å². The predicted molar refractivity (Wildman–Crippen MR) is 46.7 cm³/mol. The van der Waals surface area contributed by atoms with Gasteiger partial charge in [0.15, 0.2) is 0 Å². The van der Waals surface area contributed by atoms with Crippen LogP contribution in [0.3, 0.4) is 0 Å². The van der Waals surface area contributed by atoms with Crippen LogP contribution in [0.2, 0.25) is 0 Å². The lowest BCUT2D eigenvalue weighted by molar-refractivity contribution is 0.117. The van der Waals surface area contributed by atoms with Gasteiger partial charge < -0.3 is 10.1 Å². The second-order valence-corrected chi connectivity index (χ2v) is 3.34. The fourth-order valence-corrected chi connectivity index (χ4v) is 1.63. The molecule has 11 heavy (non-hydrogen) atoms. The van der Waals surface area contributed by atoms with E-state index in [-0.39, 0.29) is 0 Å². The minimum absolute atomic E-state index is 0.469. The highest BCUT2D eigenvalue weighted by molar-refractivity contribution is 4.81. The minimum Gasteiger partial charge on any atom is -0.380 e. The molecule has 2 nitrogen and oxygen atoms in total. The van der Waals surface area contributed by atoms with Gasteiger partial charge >= 0.3 is 0 Å². The predicted octanol–water partition coefficient (Wildman–Crippen LogP) is 1.55. The Balaban J connectivity index is 2.09. The third kappa shape index (κ3) is 2.80. The summed E-state index contributed by atoms with van der Waals surface area (Å²) in [6.07, 6.45) is 5.63. The van der Waals surface area contributed by atoms with E-state index >= 15 is 0 Å². The summed E-state index contributed by atoms with van der Waals surface area (Å²) in [6, 6.07) is 0.722. The molecular formula is C9H19NO. The zero-order chi connectivity index (χ0) is 8.10. The van der Waals surface area contributed by atoms with E-state index in [0.29, 0.717) is 6.10 Å². The molecule has 1 N–H and O–H groups in total. The van der Waals surface area contributed by atoms with Gasteiger partial charge in [-0.1, -0.05) is 19.8 Å². The molecule has 0 aromatic carbocycles. The Hall–Kier alpha value is -0.0800. The molecule has 0 unspecified atom stereocenters. The van der Waals surface area contributed by atoms with Gasteiger partial charge in [0.2, 0.25) is 0 Å². The first kappa shape index (κ1) is 9.01. The molecule has 0 aliphatic carbocycles. The number of methoxy groups -OCH3 is 1. The zero-order valence-electron chi connectivity index (χ0n) is 7.60. The Morgan fingerprint density at radius 1 is 1.55 bits per heavy atom. The topological polar surface area (TPSA) is 21.3 Å². The Kier molecular flexibility index (Phi) is 3.87. The standard InChI is InChI=1S/C9H19NO/c1-3-4-5-8-6-9(11-2)7-10-8/h8-10H,3-7H2,1-2H3/t8-,9+/m0/s1. The van der Waals surface area contributed by atoms with Crippen molar-refractivity contribution in [3.8, 4) is 0 Å². The third-order valence-electron chi connectivity index (χ3n) is 2.42. The summed E-state index contributed by atoms with van der Waals surface area (Å²) in [7, 11) is 1.80. The highest BCUT2D eigenvalue weighted by atomic mass is 16.5. The Labute approximate surface area is 69.3 Å². The average molecular weight is 157 g/mol. The van der Waals surface area contributed by atoms with Gasteiger partial charge in [0, 0.05) is 19.7 Å². The Morgan fingerprint density at radius 3 is 2.91 bits per heavy atom. The first-order valence-electron chi connectivity index (χ1n) is 4.63. The third-order valence-corrected chi connectivity index (χ3v) is 2.42. The molecule has 0 aromatic heterocycles. The Bertz CT molecular complexity index is 106. The molecule has 0 radical (unpaired) electrons. The minimum atomic E-state index is 0.469. The lowest BCUT2D eigenvalue weighted by Crippen LogP contribution is -2.21. The number of nitrogens with one attached hydrogen (secondary N) is 1. The van der Waals surface area contributed by atoms with Crippen molar-refractivity contribution in [1.82, 2.24) is 5.32 Å². The number of rotatable bonds is 4. The highest BCUT2D eigenvalue weighted by Crippen LogP contribution is 2.14. The van der Waals surface area contributed by atoms with Crippen LogP contribution in [0.15, 0.2) is 0 Å². The summed E-state index contributed by atoms with van der Waals surface area (Å²) in [5, 5.41) is 3.47. The maximum Gasteiger partial charge on any atom is 0.0710 e. The van der Waals surface area contributed by atoms with Crippen molar-refractivity contribution in [1.29, 1.82) is 0 Å². The van der Waals surface area contributed by atoms with Gasteiger partial charge in [0.1, 0.15) is 0 Å². The van der Waals surface area contributed by atoms with Crippen molar-refractivity contribution in [2.75, 3.05) is 13.7 Å². The summed E-state index contributed by atoms with van der Waals surface area (Å²) in [5.74, 6) is 0. The van der Waals surface area contributed by atoms with Crippen LogP contribution >= 0.6 is 0 Å². The second-order valence-electron chi connectivity index (χ2n) is 3.34. The van der Waals surface area contributed by atoms with Gasteiger partial charge in [-0.25, -0.2) is 0 Å². The second kappa shape index (κ2) is 4.73. The van der Waals surface area contributed by atoms with Crippen LogP contribution < -0.4 is 5.32 Å². The summed E-state index contributed by atoms with van der Waals surface area (Å²) < 4.78 is 5.26. The number of hydrogen-bond donors (Lipinski definition) is 1. The molecule has 66 valence electrons. The van der Waals surface area contributed by atoms with Crippen molar-refractivity contribution < 1.29 is 4.74 Å². The molecule has 1 rings (SSSR count). The maximum atomic E-state index is 5.26. The van der Waals surface area contributed by atoms with Gasteiger partial charge in [-0.05, 0) is 12.8 Å². The van der Waals surface area contributed by atoms with E-state index in [9.17, 15) is 0 Å². The first-order chi connectivity index (χ1) is 5.36. The number of hydrogen-bond acceptors (Lipinski definition) is 2. The fourth-order valence-electron chi connectivity index (χ4n) is 1.63. The average Bonchev–Trinajstić information content (AvgIpc) is 2.48. The molecule has 1 saturated heterocycles. The van der Waals surface area contributed by atoms with Gasteiger partial charge in [0.05, 0.1) is 6.10 Å². The summed E-state index contributed by atoms with van der Waals surface area (Å²) in [6.45, 7) is 3.29. The van der Waals surface area contributed by atoms with Crippen molar-refractivity contribution in [3.63, 3.8) is 0 Å². The monoisotopic (exact) mass is 157 g/mol. The van der Waals surface area contributed by atoms with E-state index in [2.05, 4.69) is 12.2 Å². The van der Waals surface area contributed by atoms with Crippen molar-refractivity contribution in [3.05, 3.63) is 0 Å². The summed E-state index contributed by atoms with van der Waals surface area (Å²) >= 11 is 0. The van der Waals surface area contributed by atoms with Crippen LogP contribution in [0.5, 0.6) is 0 Å². The van der Waals surface area contributed by atoms with Crippen molar-refractivity contribution in [2.45, 2.75) is 44.8 Å². The van der Waals surface area contributed by atoms with Crippen LogP contribution in [0.4, 0.5) is 0 Å². The lowest BCUT2D eigenvalue weighted by Gasteiger charge is -2.08. The molecule has 2 atom stereocenters. The van der Waals surface area contributed by atoms with E-state index in [1.54, 1.807) is 7.11 Å². The van der Waals surface area contributed by atoms with Crippen LogP contribution in [0, 0.1) is 0 Å². The summed E-state index contributed by atoms with van der Waals surface area (Å²) in [5.41, 5.74) is 0. The van der Waals surface area contributed by atoms with E-state index in [1.807, 2.05) is 0 Å². The molecule has 0 amide bonds. The van der Waals surface area contributed by atoms with Gasteiger partial charge in [-0.3, -0.25) is 0 Å². The van der Waals surface area contributed by atoms with E-state index in [4.69, 9.17) is 4.74 Å². The number of ether oxygens (including phenoxy) is 1. The molecule has 0 bridgehead atoms. The van der Waals surface area contributed by atoms with Crippen LogP contribution in [-0.2, 0) is 4.74 Å². The smallest absolute Gasteiger partial charge is 0.0710 e. The molecular weight excluding hydrogens is 138 g/mol. The highest BCUT2D eigenvalue weighted by Gasteiger charge is 2.22.